The summed E-state index contributed by atoms with van der Waals surface area (Å²) < 4.78 is 0. The minimum absolute atomic E-state index is 0.807. The zero-order valence-electron chi connectivity index (χ0n) is 8.55. The lowest BCUT2D eigenvalue weighted by Gasteiger charge is -2.06. The summed E-state index contributed by atoms with van der Waals surface area (Å²) in [7, 11) is 3.72. The molecule has 0 aliphatic heterocycles. The Balaban J connectivity index is 2.72. The van der Waals surface area contributed by atoms with Gasteiger partial charge in [0.1, 0.15) is 0 Å². The molecule has 1 N–H and O–H groups in total. The van der Waals surface area contributed by atoms with Gasteiger partial charge in [-0.25, -0.2) is 0 Å². The van der Waals surface area contributed by atoms with Crippen LogP contribution in [0.4, 0.5) is 0 Å². The summed E-state index contributed by atoms with van der Waals surface area (Å²) >= 11 is 6.05. The highest BCUT2D eigenvalue weighted by atomic mass is 35.5. The van der Waals surface area contributed by atoms with Crippen molar-refractivity contribution in [3.63, 3.8) is 0 Å². The largest absolute Gasteiger partial charge is 0.315 e. The van der Waals surface area contributed by atoms with Crippen LogP contribution in [-0.4, -0.2) is 26.4 Å². The Kier molecular flexibility index (Phi) is 4.63. The first-order valence-electron chi connectivity index (χ1n) is 4.60. The molecule has 3 heteroatoms. The van der Waals surface area contributed by atoms with E-state index >= 15 is 0 Å². The first-order valence-corrected chi connectivity index (χ1v) is 4.98. The maximum absolute atomic E-state index is 6.05. The normalized spacial score (nSPS) is 11.8. The average Bonchev–Trinajstić information content (AvgIpc) is 2.20. The molecule has 1 aromatic rings. The van der Waals surface area contributed by atoms with Gasteiger partial charge in [0.25, 0.3) is 0 Å². The quantitative estimate of drug-likeness (QED) is 0.757. The zero-order chi connectivity index (χ0) is 10.4. The lowest BCUT2D eigenvalue weighted by Crippen LogP contribution is -2.20. The number of hydrogen-bond donors (Lipinski definition) is 1. The SMILES string of the molecule is CN=C(CNC)Cc1ccccc1Cl. The Morgan fingerprint density at radius 2 is 2.14 bits per heavy atom. The smallest absolute Gasteiger partial charge is 0.0441 e. The molecule has 76 valence electrons. The first-order chi connectivity index (χ1) is 6.77. The highest BCUT2D eigenvalue weighted by Gasteiger charge is 2.02. The number of nitrogens with zero attached hydrogens (tertiary/aromatic N) is 1. The van der Waals surface area contributed by atoms with E-state index in [0.29, 0.717) is 0 Å². The van der Waals surface area contributed by atoms with E-state index in [9.17, 15) is 0 Å². The molecule has 0 radical (unpaired) electrons. The van der Waals surface area contributed by atoms with Gasteiger partial charge in [-0.05, 0) is 18.7 Å². The second-order valence-corrected chi connectivity index (χ2v) is 3.50. The zero-order valence-corrected chi connectivity index (χ0v) is 9.30. The molecule has 1 rings (SSSR count). The molecule has 0 fully saturated rings. The number of halogens is 1. The number of hydrogen-bond acceptors (Lipinski definition) is 2. The van der Waals surface area contributed by atoms with Crippen molar-refractivity contribution in [1.29, 1.82) is 0 Å². The van der Waals surface area contributed by atoms with Crippen molar-refractivity contribution in [3.05, 3.63) is 34.9 Å². The second-order valence-electron chi connectivity index (χ2n) is 3.09. The third kappa shape index (κ3) is 3.13. The molecule has 0 heterocycles. The monoisotopic (exact) mass is 210 g/mol. The Hall–Kier alpha value is -0.860. The van der Waals surface area contributed by atoms with Crippen LogP contribution in [-0.2, 0) is 6.42 Å². The predicted molar refractivity (Wildman–Crippen MR) is 62.4 cm³/mol. The number of benzene rings is 1. The van der Waals surface area contributed by atoms with Crippen LogP contribution in [0.15, 0.2) is 29.3 Å². The number of rotatable bonds is 4. The maximum atomic E-state index is 6.05. The number of nitrogens with one attached hydrogen (secondary N) is 1. The molecule has 0 aliphatic carbocycles. The number of aliphatic imine (C=N–C) groups is 1. The molecule has 1 aromatic carbocycles. The lowest BCUT2D eigenvalue weighted by atomic mass is 10.1. The summed E-state index contributed by atoms with van der Waals surface area (Å²) in [6.07, 6.45) is 0.816. The Morgan fingerprint density at radius 1 is 1.43 bits per heavy atom. The van der Waals surface area contributed by atoms with E-state index < -0.39 is 0 Å². The van der Waals surface area contributed by atoms with Crippen LogP contribution in [0.2, 0.25) is 5.02 Å². The summed E-state index contributed by atoms with van der Waals surface area (Å²) in [4.78, 5) is 4.21. The third-order valence-electron chi connectivity index (χ3n) is 2.05. The fourth-order valence-electron chi connectivity index (χ4n) is 1.29. The van der Waals surface area contributed by atoms with Gasteiger partial charge in [0, 0.05) is 30.7 Å². The lowest BCUT2D eigenvalue weighted by molar-refractivity contribution is 0.930. The molecular formula is C11H15ClN2. The molecule has 0 aliphatic rings. The van der Waals surface area contributed by atoms with Crippen LogP contribution < -0.4 is 5.32 Å². The first kappa shape index (κ1) is 11.2. The van der Waals surface area contributed by atoms with E-state index in [-0.39, 0.29) is 0 Å². The molecule has 0 amide bonds. The van der Waals surface area contributed by atoms with Gasteiger partial charge in [0.15, 0.2) is 0 Å². The molecule has 0 saturated heterocycles. The summed E-state index contributed by atoms with van der Waals surface area (Å²) in [6.45, 7) is 0.807. The Morgan fingerprint density at radius 3 is 2.71 bits per heavy atom. The maximum Gasteiger partial charge on any atom is 0.0441 e. The van der Waals surface area contributed by atoms with Gasteiger partial charge in [-0.2, -0.15) is 0 Å². The van der Waals surface area contributed by atoms with Crippen LogP contribution in [0, 0.1) is 0 Å². The van der Waals surface area contributed by atoms with E-state index in [4.69, 9.17) is 11.6 Å². The van der Waals surface area contributed by atoms with Gasteiger partial charge < -0.3 is 5.32 Å². The molecule has 0 unspecified atom stereocenters. The van der Waals surface area contributed by atoms with E-state index in [1.54, 1.807) is 0 Å². The van der Waals surface area contributed by atoms with Crippen molar-refractivity contribution >= 4 is 17.3 Å². The highest BCUT2D eigenvalue weighted by Crippen LogP contribution is 2.15. The van der Waals surface area contributed by atoms with E-state index in [1.165, 1.54) is 0 Å². The van der Waals surface area contributed by atoms with Crippen LogP contribution in [0.25, 0.3) is 0 Å². The summed E-state index contributed by atoms with van der Waals surface area (Å²) in [6, 6.07) is 7.87. The van der Waals surface area contributed by atoms with E-state index in [0.717, 1.165) is 29.3 Å². The second kappa shape index (κ2) is 5.78. The Bertz CT molecular complexity index is 321. The van der Waals surface area contributed by atoms with Crippen LogP contribution >= 0.6 is 11.6 Å². The summed E-state index contributed by atoms with van der Waals surface area (Å²) in [5.41, 5.74) is 2.24. The van der Waals surface area contributed by atoms with Crippen molar-refractivity contribution in [1.82, 2.24) is 5.32 Å². The summed E-state index contributed by atoms with van der Waals surface area (Å²) in [5, 5.41) is 3.89. The molecule has 0 spiro atoms. The van der Waals surface area contributed by atoms with Crippen LogP contribution in [0.5, 0.6) is 0 Å². The summed E-state index contributed by atoms with van der Waals surface area (Å²) in [5.74, 6) is 0. The van der Waals surface area contributed by atoms with Gasteiger partial charge >= 0.3 is 0 Å². The molecule has 14 heavy (non-hydrogen) atoms. The minimum Gasteiger partial charge on any atom is -0.315 e. The molecule has 0 bridgehead atoms. The Labute approximate surface area is 90.0 Å². The topological polar surface area (TPSA) is 24.4 Å². The van der Waals surface area contributed by atoms with Crippen molar-refractivity contribution in [2.45, 2.75) is 6.42 Å². The van der Waals surface area contributed by atoms with Crippen molar-refractivity contribution in [2.75, 3.05) is 20.6 Å². The van der Waals surface area contributed by atoms with Crippen molar-refractivity contribution in [2.24, 2.45) is 4.99 Å². The molecule has 0 saturated carbocycles. The predicted octanol–water partition coefficient (Wildman–Crippen LogP) is 2.17. The third-order valence-corrected chi connectivity index (χ3v) is 2.42. The van der Waals surface area contributed by atoms with Gasteiger partial charge in [-0.15, -0.1) is 0 Å². The van der Waals surface area contributed by atoms with Gasteiger partial charge in [0.05, 0.1) is 0 Å². The molecule has 0 atom stereocenters. The van der Waals surface area contributed by atoms with Crippen LogP contribution in [0.1, 0.15) is 5.56 Å². The fraction of sp³-hybridized carbons (Fsp3) is 0.364. The fourth-order valence-corrected chi connectivity index (χ4v) is 1.49. The van der Waals surface area contributed by atoms with Gasteiger partial charge in [-0.3, -0.25) is 4.99 Å². The molecular weight excluding hydrogens is 196 g/mol. The highest BCUT2D eigenvalue weighted by molar-refractivity contribution is 6.31. The van der Waals surface area contributed by atoms with Crippen molar-refractivity contribution in [3.8, 4) is 0 Å². The van der Waals surface area contributed by atoms with Crippen LogP contribution in [0.3, 0.4) is 0 Å². The van der Waals surface area contributed by atoms with E-state index in [2.05, 4.69) is 10.3 Å². The van der Waals surface area contributed by atoms with E-state index in [1.807, 2.05) is 38.4 Å². The molecule has 2 nitrogen and oxygen atoms in total. The molecule has 0 aromatic heterocycles. The van der Waals surface area contributed by atoms with Crippen molar-refractivity contribution < 1.29 is 0 Å². The minimum atomic E-state index is 0.807. The van der Waals surface area contributed by atoms with Gasteiger partial charge in [-0.1, -0.05) is 29.8 Å². The standard InChI is InChI=1S/C11H15ClN2/c1-13-8-10(14-2)7-9-5-3-4-6-11(9)12/h3-6,13H,7-8H2,1-2H3. The van der Waals surface area contributed by atoms with Gasteiger partial charge in [0.2, 0.25) is 0 Å². The average molecular weight is 211 g/mol.